The second-order valence-corrected chi connectivity index (χ2v) is 24.1. The van der Waals surface area contributed by atoms with Gasteiger partial charge in [0, 0.05) is 6.89 Å². The summed E-state index contributed by atoms with van der Waals surface area (Å²) in [6.45, 7) is 3.34. The van der Waals surface area contributed by atoms with E-state index in [0.29, 0.717) is 15.7 Å². The third-order valence-electron chi connectivity index (χ3n) is 9.59. The number of ketones is 1. The van der Waals surface area contributed by atoms with Gasteiger partial charge in [-0.1, -0.05) is 126 Å². The zero-order valence-electron chi connectivity index (χ0n) is 31.9. The number of Topliss-reactive ketones (excluding diaryl/α,β-unsaturated/α-hetero) is 1. The highest BCUT2D eigenvalue weighted by Gasteiger charge is 2.59. The number of hydrogen-bond donors (Lipinski definition) is 0. The van der Waals surface area contributed by atoms with Crippen molar-refractivity contribution in [2.24, 2.45) is 11.8 Å². The molecule has 0 spiro atoms. The number of likely N-dealkylation sites (tertiary alicyclic amines) is 1. The van der Waals surface area contributed by atoms with Crippen molar-refractivity contribution in [1.29, 1.82) is 0 Å². The van der Waals surface area contributed by atoms with Gasteiger partial charge in [-0.2, -0.15) is 0 Å². The molecule has 1 saturated heterocycles. The number of rotatable bonds is 17. The highest BCUT2D eigenvalue weighted by molar-refractivity contribution is 8.01. The number of carbonyl (C=O) groups excluding carboxylic acids is 3. The highest BCUT2D eigenvalue weighted by atomic mass is 32.2. The fourth-order valence-electron chi connectivity index (χ4n) is 7.25. The van der Waals surface area contributed by atoms with Gasteiger partial charge >= 0.3 is 5.97 Å². The molecule has 0 radical (unpaired) electrons. The van der Waals surface area contributed by atoms with Crippen LogP contribution in [0, 0.1) is 11.8 Å². The molecule has 0 N–H and O–H groups in total. The van der Waals surface area contributed by atoms with E-state index in [2.05, 4.69) is 10.2 Å². The van der Waals surface area contributed by atoms with Crippen molar-refractivity contribution in [3.63, 3.8) is 0 Å². The van der Waals surface area contributed by atoms with Crippen LogP contribution in [0.4, 0.5) is 4.39 Å². The number of alkyl halides is 1. The first kappa shape index (κ1) is 41.2. The van der Waals surface area contributed by atoms with Crippen LogP contribution >= 0.6 is 30.0 Å². The summed E-state index contributed by atoms with van der Waals surface area (Å²) < 4.78 is 34.4. The Kier molecular flexibility index (Phi) is 13.4. The van der Waals surface area contributed by atoms with Crippen molar-refractivity contribution in [3.8, 4) is 5.75 Å². The summed E-state index contributed by atoms with van der Waals surface area (Å²) >= 11 is 2.45. The van der Waals surface area contributed by atoms with E-state index in [1.165, 1.54) is 28.0 Å². The van der Waals surface area contributed by atoms with Crippen LogP contribution < -0.4 is 20.7 Å². The summed E-state index contributed by atoms with van der Waals surface area (Å²) in [7, 11) is -0.665. The largest absolute Gasteiger partial charge is 0.497 e. The molecule has 0 unspecified atom stereocenters. The van der Waals surface area contributed by atoms with E-state index in [4.69, 9.17) is 13.9 Å². The number of hydrogen-bond acceptors (Lipinski definition) is 10. The maximum Gasteiger partial charge on any atom is 0.356 e. The van der Waals surface area contributed by atoms with Gasteiger partial charge in [-0.25, -0.2) is 4.79 Å². The molecular weight excluding hydrogens is 785 g/mol. The third kappa shape index (κ3) is 8.77. The third-order valence-corrected chi connectivity index (χ3v) is 16.8. The van der Waals surface area contributed by atoms with E-state index < -0.39 is 63.5 Å². The average Bonchev–Trinajstić information content (AvgIpc) is 3.73. The zero-order chi connectivity index (χ0) is 39.9. The van der Waals surface area contributed by atoms with Crippen molar-refractivity contribution in [1.82, 2.24) is 15.1 Å². The number of nitrogens with zero attached hydrogens (tertiary/aromatic N) is 3. The van der Waals surface area contributed by atoms with Gasteiger partial charge in [-0.3, -0.25) is 14.0 Å². The lowest BCUT2D eigenvalue weighted by Gasteiger charge is -2.54. The first-order chi connectivity index (χ1) is 27.0. The Labute approximate surface area is 336 Å². The van der Waals surface area contributed by atoms with Gasteiger partial charge in [0.25, 0.3) is 0 Å². The Morgan fingerprint density at radius 3 is 1.91 bits per heavy atom. The van der Waals surface area contributed by atoms with Crippen molar-refractivity contribution in [2.45, 2.75) is 49.7 Å². The fourth-order valence-corrected chi connectivity index (χ4v) is 14.3. The summed E-state index contributed by atoms with van der Waals surface area (Å²) in [5, 5.41) is 10.3. The number of methoxy groups -OCH3 is 1. The van der Waals surface area contributed by atoms with Crippen LogP contribution in [0.25, 0.3) is 0 Å². The lowest BCUT2D eigenvalue weighted by atomic mass is 9.75. The number of ether oxygens (including phenoxy) is 2. The van der Waals surface area contributed by atoms with Crippen LogP contribution in [0.5, 0.6) is 5.75 Å². The molecule has 0 bridgehead atoms. The van der Waals surface area contributed by atoms with E-state index in [1.807, 2.05) is 111 Å². The molecule has 292 valence electrons. The van der Waals surface area contributed by atoms with Crippen molar-refractivity contribution >= 4 is 77.3 Å². The van der Waals surface area contributed by atoms with Crippen LogP contribution in [-0.4, -0.2) is 78.2 Å². The number of carbonyl (C=O) groups is 3. The van der Waals surface area contributed by atoms with Gasteiger partial charge in [0.2, 0.25) is 5.91 Å². The summed E-state index contributed by atoms with van der Waals surface area (Å²) in [4.78, 5) is 46.1. The monoisotopic (exact) mass is 829 g/mol. The Morgan fingerprint density at radius 2 is 1.45 bits per heavy atom. The molecule has 9 nitrogen and oxygen atoms in total. The predicted molar refractivity (Wildman–Crippen MR) is 226 cm³/mol. The van der Waals surface area contributed by atoms with Gasteiger partial charge in [0.1, 0.15) is 30.0 Å². The number of thioether (sulfide) groups is 1. The van der Waals surface area contributed by atoms with Crippen LogP contribution in [0.3, 0.4) is 0 Å². The smallest absolute Gasteiger partial charge is 0.356 e. The van der Waals surface area contributed by atoms with E-state index in [9.17, 15) is 4.79 Å². The second-order valence-electron chi connectivity index (χ2n) is 14.3. The molecule has 0 saturated carbocycles. The molecule has 4 atom stereocenters. The number of β-lactam (4-membered cyclic amide) rings is 1. The van der Waals surface area contributed by atoms with Gasteiger partial charge < -0.3 is 18.8 Å². The van der Waals surface area contributed by atoms with Crippen molar-refractivity contribution < 1.29 is 32.7 Å². The van der Waals surface area contributed by atoms with Crippen LogP contribution in [0.15, 0.2) is 125 Å². The molecule has 1 fully saturated rings. The molecule has 1 aliphatic rings. The molecule has 56 heavy (non-hydrogen) atoms. The molecule has 5 aromatic rings. The topological polar surface area (TPSA) is 108 Å². The Balaban J connectivity index is 1.63. The minimum Gasteiger partial charge on any atom is -0.497 e. The minimum absolute atomic E-state index is 0.0732. The van der Waals surface area contributed by atoms with Crippen LogP contribution in [0.1, 0.15) is 12.5 Å². The first-order valence-electron chi connectivity index (χ1n) is 18.2. The molecule has 2 heterocycles. The maximum atomic E-state index is 15.7. The Hall–Kier alpha value is -4.39. The van der Waals surface area contributed by atoms with Gasteiger partial charge in [-0.05, 0) is 60.2 Å². The van der Waals surface area contributed by atoms with Gasteiger partial charge in [0.15, 0.2) is 18.4 Å². The summed E-state index contributed by atoms with van der Waals surface area (Å²) in [6.07, 6.45) is -0.664. The molecule has 14 heteroatoms. The molecule has 6 rings (SSSR count). The number of amides is 1. The summed E-state index contributed by atoms with van der Waals surface area (Å²) in [5.41, 5.74) is 2.34. The Morgan fingerprint density at radius 1 is 0.893 bits per heavy atom. The second kappa shape index (κ2) is 18.2. The molecule has 0 aliphatic carbocycles. The standard InChI is InChI=1S/C42H45FN3O6PS2Si/c1-29(52-56(3,4)5)37-38(35(25-43)36(47)27-54-42-45-44-28-55-42)46(39(37)48)40(41(49)51-26-30-21-23-31(50-2)24-22-30)53(32-15-9-6-10-16-32,33-17-11-7-12-18-33)34-19-13-8-14-20-34/h6-24,28-29,35,37-38H,25-27H2,1-5H3/t29-,35-,37-,38-/m1/s1. The van der Waals surface area contributed by atoms with Gasteiger partial charge in [0.05, 0.1) is 36.8 Å². The molecular formula is C42H45FN3O6PS2Si. The minimum atomic E-state index is -3.34. The fraction of sp³-hybridized carbons (Fsp3) is 0.286. The van der Waals surface area contributed by atoms with Gasteiger partial charge in [-0.15, -0.1) is 10.2 Å². The SMILES string of the molecule is COc1ccc(COC(=O)C(N2C(=O)[C@H]([C@@H](C)O[Si](C)(C)C)[C@H]2[C@H](CF)C(=O)CSc2nncs2)=P(c2ccccc2)(c2ccccc2)c2ccccc2)cc1. The molecule has 4 aromatic carbocycles. The van der Waals surface area contributed by atoms with E-state index in [1.54, 1.807) is 43.8 Å². The average molecular weight is 830 g/mol. The Bertz CT molecular complexity index is 2050. The predicted octanol–water partition coefficient (Wildman–Crippen LogP) is 6.73. The number of esters is 1. The van der Waals surface area contributed by atoms with Crippen molar-refractivity contribution in [3.05, 3.63) is 126 Å². The lowest BCUT2D eigenvalue weighted by molar-refractivity contribution is -0.162. The first-order valence-corrected chi connectivity index (χ1v) is 25.3. The van der Waals surface area contributed by atoms with Crippen LogP contribution in [-0.2, 0) is 30.2 Å². The highest BCUT2D eigenvalue weighted by Crippen LogP contribution is 2.51. The molecule has 1 amide bonds. The number of benzene rings is 4. The van der Waals surface area contributed by atoms with E-state index >= 15 is 14.0 Å². The van der Waals surface area contributed by atoms with E-state index in [0.717, 1.165) is 15.9 Å². The number of aromatic nitrogens is 2. The van der Waals surface area contributed by atoms with Crippen molar-refractivity contribution in [2.75, 3.05) is 19.5 Å². The molecule has 1 aliphatic heterocycles. The quantitative estimate of drug-likeness (QED) is 0.0332. The number of halogens is 1. The lowest BCUT2D eigenvalue weighted by Crippen LogP contribution is -2.72. The molecule has 1 aromatic heterocycles. The van der Waals surface area contributed by atoms with Crippen LogP contribution in [0.2, 0.25) is 19.6 Å². The maximum absolute atomic E-state index is 15.7. The summed E-state index contributed by atoms with van der Waals surface area (Å²) in [5.74, 6) is -3.20. The zero-order valence-corrected chi connectivity index (χ0v) is 35.4. The normalized spacial score (nSPS) is 16.8. The van der Waals surface area contributed by atoms with E-state index in [-0.39, 0.29) is 17.8 Å². The summed E-state index contributed by atoms with van der Waals surface area (Å²) in [6, 6.07) is 34.9.